The van der Waals surface area contributed by atoms with Gasteiger partial charge in [0.25, 0.3) is 0 Å². The fourth-order valence-electron chi connectivity index (χ4n) is 8.08. The quantitative estimate of drug-likeness (QED) is 0.0298. The third-order valence-corrected chi connectivity index (χ3v) is 12.1. The van der Waals surface area contributed by atoms with Crippen LogP contribution < -0.4 is 5.32 Å². The van der Waals surface area contributed by atoms with Crippen molar-refractivity contribution in [1.82, 2.24) is 5.32 Å². The lowest BCUT2D eigenvalue weighted by atomic mass is 9.98. The van der Waals surface area contributed by atoms with E-state index in [1.807, 2.05) is 0 Å². The average molecular weight is 816 g/mol. The van der Waals surface area contributed by atoms with E-state index in [1.54, 1.807) is 0 Å². The first-order chi connectivity index (χ1) is 27.8. The van der Waals surface area contributed by atoms with E-state index in [1.165, 1.54) is 167 Å². The molecule has 2 unspecified atom stereocenters. The summed E-state index contributed by atoms with van der Waals surface area (Å²) in [6, 6.07) is -0.984. The molecule has 10 nitrogen and oxygen atoms in total. The molecular weight excluding hydrogens is 723 g/mol. The highest BCUT2D eigenvalue weighted by Gasteiger charge is 2.44. The van der Waals surface area contributed by atoms with Crippen LogP contribution in [0.15, 0.2) is 0 Å². The van der Waals surface area contributed by atoms with Gasteiger partial charge in [0.05, 0.1) is 25.4 Å². The van der Waals surface area contributed by atoms with Crippen LogP contribution in [0.2, 0.25) is 0 Å². The fourth-order valence-corrected chi connectivity index (χ4v) is 8.08. The summed E-state index contributed by atoms with van der Waals surface area (Å²) < 4.78 is 11.2. The van der Waals surface area contributed by atoms with Gasteiger partial charge in [-0.1, -0.05) is 213 Å². The molecule has 0 aromatic heterocycles. The second-order valence-electron chi connectivity index (χ2n) is 17.4. The van der Waals surface area contributed by atoms with Gasteiger partial charge < -0.3 is 45.4 Å². The van der Waals surface area contributed by atoms with Gasteiger partial charge >= 0.3 is 0 Å². The lowest BCUT2D eigenvalue weighted by Gasteiger charge is -2.40. The topological polar surface area (TPSA) is 169 Å². The van der Waals surface area contributed by atoms with Gasteiger partial charge in [0.1, 0.15) is 30.5 Å². The molecule has 1 fully saturated rings. The number of amides is 1. The minimum absolute atomic E-state index is 0.253. The van der Waals surface area contributed by atoms with Crippen LogP contribution in [0.5, 0.6) is 0 Å². The summed E-state index contributed by atoms with van der Waals surface area (Å²) in [5.74, 6) is -0.253. The summed E-state index contributed by atoms with van der Waals surface area (Å²) >= 11 is 0. The molecule has 340 valence electrons. The van der Waals surface area contributed by atoms with Crippen molar-refractivity contribution in [2.45, 2.75) is 281 Å². The predicted octanol–water partition coefficient (Wildman–Crippen LogP) is 9.31. The van der Waals surface area contributed by atoms with E-state index < -0.39 is 55.6 Å². The number of nitrogens with one attached hydrogen (secondary N) is 1. The van der Waals surface area contributed by atoms with E-state index in [0.29, 0.717) is 6.42 Å². The molecule has 1 saturated heterocycles. The number of aliphatic hydroxyl groups excluding tert-OH is 6. The standard InChI is InChI=1S/C47H93NO9/c1-3-5-7-9-11-13-15-17-18-19-20-21-22-23-24-26-28-30-32-34-36-42(51)48-39(38-56-47-46(55)45(54)44(53)41(37-49)57-47)43(52)40(50)35-33-31-29-27-25-16-14-12-10-8-6-4-2/h39-41,43-47,49-50,52-55H,3-38H2,1-2H3,(H,48,51)/t39-,40+,41?,43-,44-,45-,46?,47+/m0/s1. The van der Waals surface area contributed by atoms with Gasteiger partial charge in [-0.25, -0.2) is 0 Å². The van der Waals surface area contributed by atoms with Gasteiger partial charge in [0.2, 0.25) is 5.91 Å². The fraction of sp³-hybridized carbons (Fsp3) is 0.979. The monoisotopic (exact) mass is 816 g/mol. The minimum Gasteiger partial charge on any atom is -0.394 e. The Balaban J connectivity index is 2.32. The summed E-state index contributed by atoms with van der Waals surface area (Å²) in [7, 11) is 0. The van der Waals surface area contributed by atoms with Crippen molar-refractivity contribution in [2.75, 3.05) is 13.2 Å². The summed E-state index contributed by atoms with van der Waals surface area (Å²) in [5, 5.41) is 65.2. The van der Waals surface area contributed by atoms with Crippen molar-refractivity contribution in [2.24, 2.45) is 0 Å². The molecule has 1 heterocycles. The second-order valence-corrected chi connectivity index (χ2v) is 17.4. The molecule has 0 bridgehead atoms. The number of hydrogen-bond acceptors (Lipinski definition) is 9. The molecule has 0 aromatic carbocycles. The van der Waals surface area contributed by atoms with E-state index in [-0.39, 0.29) is 18.9 Å². The maximum Gasteiger partial charge on any atom is 0.220 e. The molecule has 1 aliphatic heterocycles. The number of hydrogen-bond donors (Lipinski definition) is 7. The largest absolute Gasteiger partial charge is 0.394 e. The number of unbranched alkanes of at least 4 members (excludes halogenated alkanes) is 30. The zero-order chi connectivity index (χ0) is 41.8. The average Bonchev–Trinajstić information content (AvgIpc) is 3.21. The third-order valence-electron chi connectivity index (χ3n) is 12.1. The van der Waals surface area contributed by atoms with Crippen molar-refractivity contribution in [3.8, 4) is 0 Å². The molecule has 1 aliphatic rings. The summed E-state index contributed by atoms with van der Waals surface area (Å²) in [4.78, 5) is 13.0. The van der Waals surface area contributed by atoms with Gasteiger partial charge in [0.15, 0.2) is 6.29 Å². The Labute approximate surface area is 349 Å². The summed E-state index contributed by atoms with van der Waals surface area (Å²) in [6.07, 6.45) is 31.1. The highest BCUT2D eigenvalue weighted by Crippen LogP contribution is 2.23. The van der Waals surface area contributed by atoms with Crippen LogP contribution >= 0.6 is 0 Å². The Kier molecular flexibility index (Phi) is 36.2. The van der Waals surface area contributed by atoms with Crippen LogP contribution in [-0.4, -0.2) is 98.7 Å². The zero-order valence-electron chi connectivity index (χ0n) is 37.0. The number of rotatable bonds is 41. The third kappa shape index (κ3) is 28.3. The Bertz CT molecular complexity index is 880. The Morgan fingerprint density at radius 2 is 0.912 bits per heavy atom. The number of aliphatic hydroxyl groups is 6. The maximum atomic E-state index is 13.0. The van der Waals surface area contributed by atoms with Gasteiger partial charge in [-0.3, -0.25) is 4.79 Å². The van der Waals surface area contributed by atoms with Crippen LogP contribution in [0.25, 0.3) is 0 Å². The van der Waals surface area contributed by atoms with Crippen molar-refractivity contribution in [3.05, 3.63) is 0 Å². The maximum absolute atomic E-state index is 13.0. The van der Waals surface area contributed by atoms with Crippen LogP contribution in [0.1, 0.15) is 232 Å². The first-order valence-corrected chi connectivity index (χ1v) is 24.3. The highest BCUT2D eigenvalue weighted by molar-refractivity contribution is 5.76. The van der Waals surface area contributed by atoms with Crippen LogP contribution in [0.4, 0.5) is 0 Å². The van der Waals surface area contributed by atoms with Crippen molar-refractivity contribution < 1.29 is 44.9 Å². The smallest absolute Gasteiger partial charge is 0.220 e. The molecule has 0 aliphatic carbocycles. The molecule has 57 heavy (non-hydrogen) atoms. The Morgan fingerprint density at radius 1 is 0.544 bits per heavy atom. The SMILES string of the molecule is CCCCCCCCCCCCCCCCCCCCCCC(=O)N[C@@H](CO[C@@H]1OC(CO)[C@H](O)[C@H](O)C1O)[C@H](O)[C@H](O)CCCCCCCCCCCCCC. The summed E-state index contributed by atoms with van der Waals surface area (Å²) in [6.45, 7) is 3.62. The minimum atomic E-state index is -1.60. The lowest BCUT2D eigenvalue weighted by Crippen LogP contribution is -2.60. The van der Waals surface area contributed by atoms with Crippen LogP contribution in [0.3, 0.4) is 0 Å². The van der Waals surface area contributed by atoms with Crippen molar-refractivity contribution in [1.29, 1.82) is 0 Å². The van der Waals surface area contributed by atoms with Crippen LogP contribution in [0, 0.1) is 0 Å². The molecule has 0 radical (unpaired) electrons. The van der Waals surface area contributed by atoms with Crippen molar-refractivity contribution >= 4 is 5.91 Å². The Morgan fingerprint density at radius 3 is 1.30 bits per heavy atom. The molecule has 0 saturated carbocycles. The first kappa shape index (κ1) is 54.2. The molecule has 10 heteroatoms. The van der Waals surface area contributed by atoms with Crippen molar-refractivity contribution in [3.63, 3.8) is 0 Å². The van der Waals surface area contributed by atoms with Crippen LogP contribution in [-0.2, 0) is 14.3 Å². The first-order valence-electron chi connectivity index (χ1n) is 24.3. The highest BCUT2D eigenvalue weighted by atomic mass is 16.7. The van der Waals surface area contributed by atoms with E-state index >= 15 is 0 Å². The molecule has 7 N–H and O–H groups in total. The van der Waals surface area contributed by atoms with Gasteiger partial charge in [-0.2, -0.15) is 0 Å². The number of carbonyl (C=O) groups is 1. The number of ether oxygens (including phenoxy) is 2. The van der Waals surface area contributed by atoms with Gasteiger partial charge in [-0.15, -0.1) is 0 Å². The molecular formula is C47H93NO9. The van der Waals surface area contributed by atoms with Gasteiger partial charge in [0, 0.05) is 6.42 Å². The number of carbonyl (C=O) groups excluding carboxylic acids is 1. The zero-order valence-corrected chi connectivity index (χ0v) is 37.0. The lowest BCUT2D eigenvalue weighted by molar-refractivity contribution is -0.303. The molecule has 1 amide bonds. The van der Waals surface area contributed by atoms with E-state index in [4.69, 9.17) is 9.47 Å². The van der Waals surface area contributed by atoms with Gasteiger partial charge in [-0.05, 0) is 12.8 Å². The van der Waals surface area contributed by atoms with E-state index in [2.05, 4.69) is 19.2 Å². The predicted molar refractivity (Wildman–Crippen MR) is 232 cm³/mol. The normalized spacial score (nSPS) is 21.4. The summed E-state index contributed by atoms with van der Waals surface area (Å²) in [5.41, 5.74) is 0. The van der Waals surface area contributed by atoms with E-state index in [9.17, 15) is 35.4 Å². The second kappa shape index (κ2) is 38.1. The molecule has 0 spiro atoms. The molecule has 0 aromatic rings. The Hall–Kier alpha value is -0.850. The molecule has 1 rings (SSSR count). The molecule has 8 atom stereocenters. The van der Waals surface area contributed by atoms with E-state index in [0.717, 1.165) is 38.5 Å².